The van der Waals surface area contributed by atoms with Crippen LogP contribution in [0, 0.1) is 5.92 Å². The zero-order valence-electron chi connectivity index (χ0n) is 10.3. The predicted octanol–water partition coefficient (Wildman–Crippen LogP) is 5.45. The molecule has 1 unspecified atom stereocenters. The van der Waals surface area contributed by atoms with Gasteiger partial charge in [-0.1, -0.05) is 6.58 Å². The van der Waals surface area contributed by atoms with Gasteiger partial charge in [-0.25, -0.2) is 8.78 Å². The van der Waals surface area contributed by atoms with Gasteiger partial charge in [-0.05, 0) is 52.9 Å². The van der Waals surface area contributed by atoms with E-state index in [1.807, 2.05) is 0 Å². The van der Waals surface area contributed by atoms with Crippen LogP contribution < -0.4 is 5.32 Å². The summed E-state index contributed by atoms with van der Waals surface area (Å²) >= 11 is 1.64. The molecular formula is C13H14ClF2NS2. The standard InChI is InChI=1S/C13H14ClF2NS2/c1-7(9-6-13(9,15)16)17-12-11(19-14)8-4-2-3-5-10(8)18-12/h9,17H,1-6H2. The lowest BCUT2D eigenvalue weighted by Gasteiger charge is -2.11. The molecule has 1 fully saturated rings. The molecule has 6 heteroatoms. The minimum atomic E-state index is -2.57. The lowest BCUT2D eigenvalue weighted by Crippen LogP contribution is -2.05. The van der Waals surface area contributed by atoms with Crippen LogP contribution in [0.25, 0.3) is 0 Å². The van der Waals surface area contributed by atoms with Crippen molar-refractivity contribution in [3.8, 4) is 0 Å². The number of anilines is 1. The van der Waals surface area contributed by atoms with E-state index in [9.17, 15) is 8.78 Å². The van der Waals surface area contributed by atoms with Crippen LogP contribution >= 0.6 is 33.0 Å². The van der Waals surface area contributed by atoms with Crippen molar-refractivity contribution >= 4 is 38.0 Å². The number of nitrogens with one attached hydrogen (secondary N) is 1. The summed E-state index contributed by atoms with van der Waals surface area (Å²) in [5.41, 5.74) is 1.71. The number of aryl methyl sites for hydroxylation is 1. The van der Waals surface area contributed by atoms with Crippen LogP contribution in [0.4, 0.5) is 13.8 Å². The van der Waals surface area contributed by atoms with Gasteiger partial charge in [0.25, 0.3) is 5.92 Å². The molecule has 2 aliphatic carbocycles. The van der Waals surface area contributed by atoms with Gasteiger partial charge in [0.2, 0.25) is 0 Å². The number of thiophene rings is 1. The van der Waals surface area contributed by atoms with Crippen molar-refractivity contribution < 1.29 is 8.78 Å². The molecule has 2 aliphatic rings. The third kappa shape index (κ3) is 2.52. The summed E-state index contributed by atoms with van der Waals surface area (Å²) in [7, 11) is 7.13. The second kappa shape index (κ2) is 4.93. The molecule has 0 saturated heterocycles. The highest BCUT2D eigenvalue weighted by molar-refractivity contribution is 8.21. The first kappa shape index (κ1) is 13.7. The van der Waals surface area contributed by atoms with Crippen molar-refractivity contribution in [2.24, 2.45) is 5.92 Å². The molecule has 1 atom stereocenters. The smallest absolute Gasteiger partial charge is 0.257 e. The topological polar surface area (TPSA) is 12.0 Å². The monoisotopic (exact) mass is 321 g/mol. The van der Waals surface area contributed by atoms with Gasteiger partial charge in [-0.2, -0.15) is 0 Å². The molecule has 19 heavy (non-hydrogen) atoms. The number of hydrogen-bond acceptors (Lipinski definition) is 3. The average molecular weight is 322 g/mol. The van der Waals surface area contributed by atoms with Crippen LogP contribution in [0.15, 0.2) is 17.2 Å². The van der Waals surface area contributed by atoms with Crippen LogP contribution in [0.3, 0.4) is 0 Å². The number of alkyl halides is 2. The summed E-state index contributed by atoms with van der Waals surface area (Å²) < 4.78 is 26.1. The molecule has 1 aromatic rings. The van der Waals surface area contributed by atoms with Crippen LogP contribution in [-0.2, 0) is 12.8 Å². The van der Waals surface area contributed by atoms with Gasteiger partial charge in [0.05, 0.1) is 10.8 Å². The maximum Gasteiger partial charge on any atom is 0.257 e. The maximum absolute atomic E-state index is 13.0. The molecular weight excluding hydrogens is 308 g/mol. The number of rotatable bonds is 4. The Morgan fingerprint density at radius 3 is 2.74 bits per heavy atom. The molecule has 0 bridgehead atoms. The molecule has 104 valence electrons. The lowest BCUT2D eigenvalue weighted by molar-refractivity contribution is 0.106. The molecule has 1 saturated carbocycles. The molecule has 1 nitrogen and oxygen atoms in total. The fourth-order valence-electron chi connectivity index (χ4n) is 2.53. The van der Waals surface area contributed by atoms with Crippen molar-refractivity contribution in [3.63, 3.8) is 0 Å². The molecule has 1 aromatic heterocycles. The second-order valence-corrected chi connectivity index (χ2v) is 7.24. The summed E-state index contributed by atoms with van der Waals surface area (Å²) in [4.78, 5) is 2.35. The highest BCUT2D eigenvalue weighted by Crippen LogP contribution is 2.53. The van der Waals surface area contributed by atoms with E-state index in [4.69, 9.17) is 10.7 Å². The highest BCUT2D eigenvalue weighted by Gasteiger charge is 2.58. The van der Waals surface area contributed by atoms with Gasteiger partial charge in [-0.15, -0.1) is 11.3 Å². The van der Waals surface area contributed by atoms with Gasteiger partial charge in [0.15, 0.2) is 0 Å². The molecule has 0 amide bonds. The first-order chi connectivity index (χ1) is 9.03. The van der Waals surface area contributed by atoms with E-state index in [0.29, 0.717) is 5.70 Å². The Labute approximate surface area is 123 Å². The van der Waals surface area contributed by atoms with Crippen molar-refractivity contribution in [2.75, 3.05) is 5.32 Å². The van der Waals surface area contributed by atoms with Crippen LogP contribution in [0.2, 0.25) is 0 Å². The summed E-state index contributed by atoms with van der Waals surface area (Å²) in [5.74, 6) is -3.30. The summed E-state index contributed by atoms with van der Waals surface area (Å²) in [5, 5.41) is 3.96. The molecule has 0 aliphatic heterocycles. The first-order valence-electron chi connectivity index (χ1n) is 6.29. The maximum atomic E-state index is 13.0. The highest BCUT2D eigenvalue weighted by atomic mass is 35.7. The Morgan fingerprint density at radius 1 is 1.42 bits per heavy atom. The minimum absolute atomic E-state index is 0.0900. The Hall–Kier alpha value is -0.260. The van der Waals surface area contributed by atoms with Gasteiger partial charge in [-0.3, -0.25) is 0 Å². The zero-order valence-corrected chi connectivity index (χ0v) is 12.7. The zero-order chi connectivity index (χ0) is 13.6. The summed E-state index contributed by atoms with van der Waals surface area (Å²) in [6.45, 7) is 3.75. The quantitative estimate of drug-likeness (QED) is 0.791. The van der Waals surface area contributed by atoms with Crippen molar-refractivity contribution in [1.29, 1.82) is 0 Å². The lowest BCUT2D eigenvalue weighted by atomic mass is 9.99. The number of halogens is 3. The number of allylic oxidation sites excluding steroid dienone is 1. The van der Waals surface area contributed by atoms with E-state index in [0.717, 1.165) is 22.7 Å². The van der Waals surface area contributed by atoms with Gasteiger partial charge in [0.1, 0.15) is 5.00 Å². The van der Waals surface area contributed by atoms with Gasteiger partial charge >= 0.3 is 0 Å². The first-order valence-corrected chi connectivity index (χ1v) is 8.75. The Bertz CT molecular complexity index is 527. The molecule has 1 heterocycles. The third-order valence-corrected chi connectivity index (χ3v) is 6.12. The minimum Gasteiger partial charge on any atom is -0.350 e. The van der Waals surface area contributed by atoms with Crippen LogP contribution in [0.1, 0.15) is 29.7 Å². The fourth-order valence-corrected chi connectivity index (χ4v) is 5.15. The molecule has 0 radical (unpaired) electrons. The van der Waals surface area contributed by atoms with E-state index in [1.165, 1.54) is 34.3 Å². The van der Waals surface area contributed by atoms with E-state index in [1.54, 1.807) is 11.3 Å². The second-order valence-electron chi connectivity index (χ2n) is 5.11. The molecule has 1 N–H and O–H groups in total. The SMILES string of the molecule is C=C(Nc1sc2c(c1SCl)CCCC2)C1CC1(F)F. The van der Waals surface area contributed by atoms with Gasteiger partial charge in [0, 0.05) is 17.0 Å². The fraction of sp³-hybridized carbons (Fsp3) is 0.538. The van der Waals surface area contributed by atoms with Gasteiger partial charge < -0.3 is 5.32 Å². The van der Waals surface area contributed by atoms with E-state index in [-0.39, 0.29) is 6.42 Å². The van der Waals surface area contributed by atoms with E-state index in [2.05, 4.69) is 11.9 Å². The summed E-state index contributed by atoms with van der Waals surface area (Å²) in [6, 6.07) is 0. The molecule has 0 spiro atoms. The summed E-state index contributed by atoms with van der Waals surface area (Å²) in [6.07, 6.45) is 4.39. The van der Waals surface area contributed by atoms with Crippen molar-refractivity contribution in [1.82, 2.24) is 0 Å². The number of fused-ring (bicyclic) bond motifs is 1. The van der Waals surface area contributed by atoms with Crippen molar-refractivity contribution in [3.05, 3.63) is 22.7 Å². The Morgan fingerprint density at radius 2 is 2.11 bits per heavy atom. The third-order valence-electron chi connectivity index (χ3n) is 3.72. The van der Waals surface area contributed by atoms with E-state index < -0.39 is 11.8 Å². The van der Waals surface area contributed by atoms with E-state index >= 15 is 0 Å². The largest absolute Gasteiger partial charge is 0.350 e. The number of hydrogen-bond donors (Lipinski definition) is 1. The van der Waals surface area contributed by atoms with Crippen LogP contribution in [0.5, 0.6) is 0 Å². The van der Waals surface area contributed by atoms with Crippen molar-refractivity contribution in [2.45, 2.75) is 42.9 Å². The predicted molar refractivity (Wildman–Crippen MR) is 78.5 cm³/mol. The molecule has 0 aromatic carbocycles. The van der Waals surface area contributed by atoms with Crippen LogP contribution in [-0.4, -0.2) is 5.92 Å². The Kier molecular flexibility index (Phi) is 3.56. The molecule has 3 rings (SSSR count). The Balaban J connectivity index is 1.81. The normalized spacial score (nSPS) is 23.8. The average Bonchev–Trinajstić information content (AvgIpc) is 2.88.